The van der Waals surface area contributed by atoms with Gasteiger partial charge in [-0.3, -0.25) is 4.79 Å². The van der Waals surface area contributed by atoms with Gasteiger partial charge in [-0.05, 0) is 29.5 Å². The third-order valence-corrected chi connectivity index (χ3v) is 3.63. The smallest absolute Gasteiger partial charge is 0.250 e. The maximum atomic E-state index is 11.2. The summed E-state index contributed by atoms with van der Waals surface area (Å²) in [5.74, 6) is 0.0636. The predicted octanol–water partition coefficient (Wildman–Crippen LogP) is 2.46. The van der Waals surface area contributed by atoms with E-state index >= 15 is 0 Å². The molecule has 100 valence electrons. The molecule has 0 aliphatic rings. The van der Waals surface area contributed by atoms with Gasteiger partial charge in [0, 0.05) is 17.9 Å². The highest BCUT2D eigenvalue weighted by Crippen LogP contribution is 2.27. The average molecular weight is 249 g/mol. The van der Waals surface area contributed by atoms with E-state index in [2.05, 4.69) is 33.0 Å². The highest BCUT2D eigenvalue weighted by molar-refractivity contribution is 5.98. The van der Waals surface area contributed by atoms with Gasteiger partial charge < -0.3 is 16.8 Å². The SMILES string of the molecule is CC(C)C(C)(C)CNc1ccc(N)c(C(N)=O)c1. The molecule has 0 fully saturated rings. The number of carbonyl (C=O) groups is 1. The number of amides is 1. The predicted molar refractivity (Wildman–Crippen MR) is 76.5 cm³/mol. The molecule has 0 saturated carbocycles. The van der Waals surface area contributed by atoms with Gasteiger partial charge in [-0.15, -0.1) is 0 Å². The van der Waals surface area contributed by atoms with E-state index < -0.39 is 5.91 Å². The standard InChI is InChI=1S/C14H23N3O/c1-9(2)14(3,4)8-17-10-5-6-12(15)11(7-10)13(16)18/h5-7,9,17H,8,15H2,1-4H3,(H2,16,18). The van der Waals surface area contributed by atoms with Crippen molar-refractivity contribution in [3.05, 3.63) is 23.8 Å². The van der Waals surface area contributed by atoms with E-state index in [-0.39, 0.29) is 5.41 Å². The third kappa shape index (κ3) is 3.39. The number of anilines is 2. The van der Waals surface area contributed by atoms with Crippen molar-refractivity contribution in [2.24, 2.45) is 17.1 Å². The molecule has 0 saturated heterocycles. The summed E-state index contributed by atoms with van der Waals surface area (Å²) in [6.45, 7) is 9.62. The minimum absolute atomic E-state index is 0.175. The molecule has 0 bridgehead atoms. The number of hydrogen-bond donors (Lipinski definition) is 3. The molecule has 1 aromatic carbocycles. The van der Waals surface area contributed by atoms with Crippen LogP contribution in [0.3, 0.4) is 0 Å². The Kier molecular flexibility index (Phi) is 4.22. The largest absolute Gasteiger partial charge is 0.398 e. The molecule has 1 aromatic rings. The van der Waals surface area contributed by atoms with E-state index in [1.54, 1.807) is 12.1 Å². The van der Waals surface area contributed by atoms with Crippen molar-refractivity contribution in [1.82, 2.24) is 0 Å². The lowest BCUT2D eigenvalue weighted by Gasteiger charge is -2.30. The topological polar surface area (TPSA) is 81.1 Å². The number of rotatable bonds is 5. The maximum Gasteiger partial charge on any atom is 0.250 e. The van der Waals surface area contributed by atoms with E-state index in [0.29, 0.717) is 17.2 Å². The number of nitrogen functional groups attached to an aromatic ring is 1. The van der Waals surface area contributed by atoms with Crippen molar-refractivity contribution in [3.63, 3.8) is 0 Å². The van der Waals surface area contributed by atoms with E-state index in [1.807, 2.05) is 6.07 Å². The van der Waals surface area contributed by atoms with Crippen LogP contribution in [0.4, 0.5) is 11.4 Å². The molecule has 4 nitrogen and oxygen atoms in total. The lowest BCUT2D eigenvalue weighted by Crippen LogP contribution is -2.28. The summed E-state index contributed by atoms with van der Waals surface area (Å²) in [5.41, 5.74) is 12.8. The minimum Gasteiger partial charge on any atom is -0.398 e. The molecule has 4 heteroatoms. The number of carbonyl (C=O) groups excluding carboxylic acids is 1. The van der Waals surface area contributed by atoms with Gasteiger partial charge in [0.1, 0.15) is 0 Å². The van der Waals surface area contributed by atoms with Crippen molar-refractivity contribution in [2.45, 2.75) is 27.7 Å². The highest BCUT2D eigenvalue weighted by atomic mass is 16.1. The number of nitrogens with one attached hydrogen (secondary N) is 1. The van der Waals surface area contributed by atoms with Gasteiger partial charge in [0.2, 0.25) is 0 Å². The zero-order valence-corrected chi connectivity index (χ0v) is 11.6. The number of benzene rings is 1. The summed E-state index contributed by atoms with van der Waals surface area (Å²) >= 11 is 0. The van der Waals surface area contributed by atoms with Crippen LogP contribution in [0.1, 0.15) is 38.1 Å². The molecular formula is C14H23N3O. The fourth-order valence-electron chi connectivity index (χ4n) is 1.41. The molecule has 18 heavy (non-hydrogen) atoms. The molecule has 1 rings (SSSR count). The second-order valence-corrected chi connectivity index (χ2v) is 5.66. The van der Waals surface area contributed by atoms with Crippen molar-refractivity contribution in [1.29, 1.82) is 0 Å². The Labute approximate surface area is 109 Å². The maximum absolute atomic E-state index is 11.2. The molecule has 0 unspecified atom stereocenters. The lowest BCUT2D eigenvalue weighted by atomic mass is 9.81. The molecular weight excluding hydrogens is 226 g/mol. The number of hydrogen-bond acceptors (Lipinski definition) is 3. The first-order valence-corrected chi connectivity index (χ1v) is 6.17. The van der Waals surface area contributed by atoms with E-state index in [1.165, 1.54) is 0 Å². The minimum atomic E-state index is -0.501. The molecule has 0 aliphatic carbocycles. The summed E-state index contributed by atoms with van der Waals surface area (Å²) in [6.07, 6.45) is 0. The summed E-state index contributed by atoms with van der Waals surface area (Å²) in [7, 11) is 0. The average Bonchev–Trinajstić information content (AvgIpc) is 2.27. The Morgan fingerprint density at radius 1 is 1.39 bits per heavy atom. The molecule has 5 N–H and O–H groups in total. The van der Waals surface area contributed by atoms with Gasteiger partial charge in [0.25, 0.3) is 5.91 Å². The van der Waals surface area contributed by atoms with E-state index in [0.717, 1.165) is 12.2 Å². The Hall–Kier alpha value is -1.71. The normalized spacial score (nSPS) is 11.6. The van der Waals surface area contributed by atoms with Crippen molar-refractivity contribution in [2.75, 3.05) is 17.6 Å². The Bertz CT molecular complexity index is 439. The molecule has 0 atom stereocenters. The van der Waals surface area contributed by atoms with Gasteiger partial charge in [0.15, 0.2) is 0 Å². The van der Waals surface area contributed by atoms with E-state index in [4.69, 9.17) is 11.5 Å². The van der Waals surface area contributed by atoms with Crippen LogP contribution in [-0.2, 0) is 0 Å². The first kappa shape index (κ1) is 14.4. The molecule has 0 spiro atoms. The molecule has 0 heterocycles. The molecule has 0 aliphatic heterocycles. The van der Waals surface area contributed by atoms with Gasteiger partial charge in [-0.2, -0.15) is 0 Å². The fourth-order valence-corrected chi connectivity index (χ4v) is 1.41. The third-order valence-electron chi connectivity index (χ3n) is 3.63. The fraction of sp³-hybridized carbons (Fsp3) is 0.500. The second-order valence-electron chi connectivity index (χ2n) is 5.66. The molecule has 0 radical (unpaired) electrons. The first-order valence-electron chi connectivity index (χ1n) is 6.17. The van der Waals surface area contributed by atoms with Crippen molar-refractivity contribution < 1.29 is 4.79 Å². The van der Waals surface area contributed by atoms with Crippen LogP contribution in [0, 0.1) is 11.3 Å². The lowest BCUT2D eigenvalue weighted by molar-refractivity contribution is 0.100. The van der Waals surface area contributed by atoms with Gasteiger partial charge in [-0.1, -0.05) is 27.7 Å². The number of nitrogens with two attached hydrogens (primary N) is 2. The van der Waals surface area contributed by atoms with Gasteiger partial charge >= 0.3 is 0 Å². The summed E-state index contributed by atoms with van der Waals surface area (Å²) in [5, 5.41) is 3.33. The Morgan fingerprint density at radius 2 is 2.00 bits per heavy atom. The van der Waals surface area contributed by atoms with Gasteiger partial charge in [-0.25, -0.2) is 0 Å². The second kappa shape index (κ2) is 5.29. The van der Waals surface area contributed by atoms with Crippen LogP contribution in [0.15, 0.2) is 18.2 Å². The summed E-state index contributed by atoms with van der Waals surface area (Å²) in [6, 6.07) is 5.26. The van der Waals surface area contributed by atoms with Gasteiger partial charge in [0.05, 0.1) is 5.56 Å². The van der Waals surface area contributed by atoms with Crippen LogP contribution in [0.2, 0.25) is 0 Å². The first-order chi connectivity index (χ1) is 8.24. The van der Waals surface area contributed by atoms with E-state index in [9.17, 15) is 4.79 Å². The monoisotopic (exact) mass is 249 g/mol. The van der Waals surface area contributed by atoms with Crippen LogP contribution < -0.4 is 16.8 Å². The molecule has 1 amide bonds. The molecule has 0 aromatic heterocycles. The van der Waals surface area contributed by atoms with Crippen molar-refractivity contribution >= 4 is 17.3 Å². The quantitative estimate of drug-likeness (QED) is 0.701. The zero-order valence-electron chi connectivity index (χ0n) is 11.6. The summed E-state index contributed by atoms with van der Waals surface area (Å²) in [4.78, 5) is 11.2. The van der Waals surface area contributed by atoms with Crippen LogP contribution in [0.5, 0.6) is 0 Å². The van der Waals surface area contributed by atoms with Crippen LogP contribution in [0.25, 0.3) is 0 Å². The van der Waals surface area contributed by atoms with Crippen molar-refractivity contribution in [3.8, 4) is 0 Å². The Balaban J connectivity index is 2.81. The highest BCUT2D eigenvalue weighted by Gasteiger charge is 2.21. The van der Waals surface area contributed by atoms with Crippen LogP contribution in [-0.4, -0.2) is 12.5 Å². The Morgan fingerprint density at radius 3 is 2.50 bits per heavy atom. The zero-order chi connectivity index (χ0) is 13.9. The summed E-state index contributed by atoms with van der Waals surface area (Å²) < 4.78 is 0. The number of primary amides is 1. The van der Waals surface area contributed by atoms with Crippen LogP contribution >= 0.6 is 0 Å².